The van der Waals surface area contributed by atoms with Crippen LogP contribution in [0.2, 0.25) is 0 Å². The molecule has 3 heterocycles. The van der Waals surface area contributed by atoms with Gasteiger partial charge in [-0.1, -0.05) is 5.16 Å². The molecule has 0 radical (unpaired) electrons. The van der Waals surface area contributed by atoms with E-state index in [2.05, 4.69) is 35.4 Å². The molecule has 0 unspecified atom stereocenters. The number of rotatable bonds is 7. The Morgan fingerprint density at radius 3 is 2.85 bits per heavy atom. The highest BCUT2D eigenvalue weighted by Crippen LogP contribution is 2.33. The quantitative estimate of drug-likeness (QED) is 0.621. The standard InChI is InChI=1S/C20H23N3O3S/c1-11-8-15(13(3)27-11)17-9-16(18-12(2)23-26-20(18)22-17)19(24)21-6-7-25-10-14-4-5-14/h8-9,14H,4-7,10H2,1-3H3,(H,21,24). The lowest BCUT2D eigenvalue weighted by Gasteiger charge is -2.08. The number of carbonyl (C=O) groups excluding carboxylic acids is 1. The summed E-state index contributed by atoms with van der Waals surface area (Å²) in [5.41, 5.74) is 3.35. The molecule has 1 aliphatic rings. The fraction of sp³-hybridized carbons (Fsp3) is 0.450. The molecule has 0 spiro atoms. The Bertz CT molecular complexity index is 988. The van der Waals surface area contributed by atoms with E-state index in [0.29, 0.717) is 35.5 Å². The van der Waals surface area contributed by atoms with Gasteiger partial charge in [-0.3, -0.25) is 4.79 Å². The summed E-state index contributed by atoms with van der Waals surface area (Å²) in [6, 6.07) is 3.92. The van der Waals surface area contributed by atoms with Gasteiger partial charge in [-0.2, -0.15) is 0 Å². The second kappa shape index (κ2) is 7.40. The van der Waals surface area contributed by atoms with Gasteiger partial charge in [-0.05, 0) is 51.7 Å². The monoisotopic (exact) mass is 385 g/mol. The van der Waals surface area contributed by atoms with Crippen molar-refractivity contribution in [1.82, 2.24) is 15.5 Å². The first-order valence-corrected chi connectivity index (χ1v) is 10.0. The van der Waals surface area contributed by atoms with Gasteiger partial charge in [0.2, 0.25) is 0 Å². The summed E-state index contributed by atoms with van der Waals surface area (Å²) in [7, 11) is 0. The minimum absolute atomic E-state index is 0.158. The largest absolute Gasteiger partial charge is 0.379 e. The van der Waals surface area contributed by atoms with Crippen molar-refractivity contribution in [3.63, 3.8) is 0 Å². The Morgan fingerprint density at radius 1 is 1.33 bits per heavy atom. The van der Waals surface area contributed by atoms with Crippen LogP contribution in [0.1, 0.15) is 38.6 Å². The lowest BCUT2D eigenvalue weighted by molar-refractivity contribution is 0.0908. The molecule has 0 saturated heterocycles. The zero-order chi connectivity index (χ0) is 19.0. The van der Waals surface area contributed by atoms with Crippen LogP contribution in [0.25, 0.3) is 22.4 Å². The van der Waals surface area contributed by atoms with Crippen LogP contribution in [0.4, 0.5) is 0 Å². The predicted molar refractivity (Wildman–Crippen MR) is 105 cm³/mol. The average Bonchev–Trinajstić information content (AvgIpc) is 3.30. The van der Waals surface area contributed by atoms with Crippen molar-refractivity contribution in [3.8, 4) is 11.3 Å². The van der Waals surface area contributed by atoms with E-state index in [4.69, 9.17) is 9.26 Å². The number of amides is 1. The second-order valence-electron chi connectivity index (χ2n) is 7.10. The molecule has 0 aliphatic heterocycles. The van der Waals surface area contributed by atoms with Gasteiger partial charge < -0.3 is 14.6 Å². The van der Waals surface area contributed by atoms with Crippen molar-refractivity contribution in [2.24, 2.45) is 5.92 Å². The maximum Gasteiger partial charge on any atom is 0.259 e. The molecule has 7 heteroatoms. The summed E-state index contributed by atoms with van der Waals surface area (Å²) in [6.07, 6.45) is 2.52. The van der Waals surface area contributed by atoms with Gasteiger partial charge in [0, 0.05) is 28.5 Å². The molecule has 142 valence electrons. The third-order valence-corrected chi connectivity index (χ3v) is 5.73. The molecule has 3 aromatic rings. The fourth-order valence-electron chi connectivity index (χ4n) is 3.16. The van der Waals surface area contributed by atoms with E-state index < -0.39 is 0 Å². The summed E-state index contributed by atoms with van der Waals surface area (Å²) in [5, 5.41) is 7.61. The summed E-state index contributed by atoms with van der Waals surface area (Å²) < 4.78 is 11.0. The molecule has 1 fully saturated rings. The van der Waals surface area contributed by atoms with Crippen LogP contribution in [-0.4, -0.2) is 35.8 Å². The predicted octanol–water partition coefficient (Wildman–Crippen LogP) is 4.03. The van der Waals surface area contributed by atoms with Crippen molar-refractivity contribution in [1.29, 1.82) is 0 Å². The van der Waals surface area contributed by atoms with Crippen LogP contribution in [0.15, 0.2) is 16.7 Å². The van der Waals surface area contributed by atoms with Gasteiger partial charge in [0.25, 0.3) is 11.6 Å². The number of pyridine rings is 1. The number of thiophene rings is 1. The van der Waals surface area contributed by atoms with Gasteiger partial charge in [-0.15, -0.1) is 11.3 Å². The zero-order valence-electron chi connectivity index (χ0n) is 15.8. The minimum Gasteiger partial charge on any atom is -0.379 e. The van der Waals surface area contributed by atoms with E-state index in [0.717, 1.165) is 28.7 Å². The van der Waals surface area contributed by atoms with Gasteiger partial charge in [-0.25, -0.2) is 4.98 Å². The molecule has 1 saturated carbocycles. The maximum atomic E-state index is 12.8. The molecule has 1 N–H and O–H groups in total. The highest BCUT2D eigenvalue weighted by Gasteiger charge is 2.22. The fourth-order valence-corrected chi connectivity index (χ4v) is 4.10. The van der Waals surface area contributed by atoms with Crippen molar-refractivity contribution >= 4 is 28.3 Å². The molecule has 0 aromatic carbocycles. The van der Waals surface area contributed by atoms with Gasteiger partial charge >= 0.3 is 0 Å². The van der Waals surface area contributed by atoms with Crippen LogP contribution in [0, 0.1) is 26.7 Å². The SMILES string of the molecule is Cc1cc(-c2cc(C(=O)NCCOCC3CC3)c3c(C)noc3n2)c(C)s1. The average molecular weight is 385 g/mol. The van der Waals surface area contributed by atoms with E-state index in [1.54, 1.807) is 11.3 Å². The molecule has 0 bridgehead atoms. The Labute approximate surface area is 161 Å². The van der Waals surface area contributed by atoms with E-state index in [-0.39, 0.29) is 5.91 Å². The number of aromatic nitrogens is 2. The van der Waals surface area contributed by atoms with Gasteiger partial charge in [0.05, 0.1) is 28.9 Å². The zero-order valence-corrected chi connectivity index (χ0v) is 16.6. The Kier molecular flexibility index (Phi) is 4.97. The van der Waals surface area contributed by atoms with Crippen molar-refractivity contribution in [2.45, 2.75) is 33.6 Å². The van der Waals surface area contributed by atoms with Crippen LogP contribution < -0.4 is 5.32 Å². The number of nitrogens with one attached hydrogen (secondary N) is 1. The molecule has 0 atom stereocenters. The molecule has 27 heavy (non-hydrogen) atoms. The lowest BCUT2D eigenvalue weighted by Crippen LogP contribution is -2.27. The van der Waals surface area contributed by atoms with Crippen molar-refractivity contribution < 1.29 is 14.1 Å². The highest BCUT2D eigenvalue weighted by molar-refractivity contribution is 7.12. The topological polar surface area (TPSA) is 77.2 Å². The number of aryl methyl sites for hydroxylation is 3. The number of ether oxygens (including phenoxy) is 1. The molecular weight excluding hydrogens is 362 g/mol. The number of fused-ring (bicyclic) bond motifs is 1. The normalized spacial score (nSPS) is 14.0. The smallest absolute Gasteiger partial charge is 0.259 e. The number of hydrogen-bond donors (Lipinski definition) is 1. The molecular formula is C20H23N3O3S. The maximum absolute atomic E-state index is 12.8. The van der Waals surface area contributed by atoms with Crippen molar-refractivity contribution in [3.05, 3.63) is 33.1 Å². The lowest BCUT2D eigenvalue weighted by atomic mass is 10.1. The second-order valence-corrected chi connectivity index (χ2v) is 8.56. The summed E-state index contributed by atoms with van der Waals surface area (Å²) >= 11 is 1.71. The first kappa shape index (κ1) is 18.1. The van der Waals surface area contributed by atoms with E-state index in [1.807, 2.05) is 13.0 Å². The molecule has 1 aliphatic carbocycles. The molecule has 4 rings (SSSR count). The van der Waals surface area contributed by atoms with Crippen LogP contribution in [0.5, 0.6) is 0 Å². The number of nitrogens with zero attached hydrogens (tertiary/aromatic N) is 2. The molecule has 3 aromatic heterocycles. The summed E-state index contributed by atoms with van der Waals surface area (Å²) in [5.74, 6) is 0.564. The van der Waals surface area contributed by atoms with Gasteiger partial charge in [0.1, 0.15) is 0 Å². The van der Waals surface area contributed by atoms with E-state index in [1.165, 1.54) is 17.7 Å². The van der Waals surface area contributed by atoms with Crippen LogP contribution in [0.3, 0.4) is 0 Å². The molecule has 1 amide bonds. The minimum atomic E-state index is -0.158. The number of carbonyl (C=O) groups is 1. The van der Waals surface area contributed by atoms with Crippen LogP contribution in [-0.2, 0) is 4.74 Å². The Morgan fingerprint density at radius 2 is 2.15 bits per heavy atom. The third kappa shape index (κ3) is 3.89. The third-order valence-electron chi connectivity index (χ3n) is 4.76. The summed E-state index contributed by atoms with van der Waals surface area (Å²) in [4.78, 5) is 19.8. The summed E-state index contributed by atoms with van der Waals surface area (Å²) in [6.45, 7) is 7.74. The first-order chi connectivity index (χ1) is 13.0. The Hall–Kier alpha value is -2.25. The first-order valence-electron chi connectivity index (χ1n) is 9.23. The molecule has 6 nitrogen and oxygen atoms in total. The number of hydrogen-bond acceptors (Lipinski definition) is 6. The highest BCUT2D eigenvalue weighted by atomic mass is 32.1. The van der Waals surface area contributed by atoms with E-state index >= 15 is 0 Å². The van der Waals surface area contributed by atoms with Gasteiger partial charge in [0.15, 0.2) is 0 Å². The van der Waals surface area contributed by atoms with Crippen molar-refractivity contribution in [2.75, 3.05) is 19.8 Å². The Balaban J connectivity index is 1.58. The van der Waals surface area contributed by atoms with E-state index in [9.17, 15) is 4.79 Å². The van der Waals surface area contributed by atoms with Crippen LogP contribution >= 0.6 is 11.3 Å².